The van der Waals surface area contributed by atoms with E-state index in [1.54, 1.807) is 31.2 Å². The highest BCUT2D eigenvalue weighted by atomic mass is 32.2. The Kier molecular flexibility index (Phi) is 6.41. The van der Waals surface area contributed by atoms with Gasteiger partial charge in [0.25, 0.3) is 0 Å². The third kappa shape index (κ3) is 5.49. The Morgan fingerprint density at radius 1 is 0.966 bits per heavy atom. The largest absolute Gasteiger partial charge is 0.324 e. The van der Waals surface area contributed by atoms with E-state index in [9.17, 15) is 17.6 Å². The SMILES string of the molecule is Cc1ccc(F)cc1NC(=O)[C@H](Cc1ccccc1)NS(=O)(=O)c1ccccc1. The first-order valence-corrected chi connectivity index (χ1v) is 10.5. The molecule has 0 unspecified atom stereocenters. The molecule has 3 aromatic rings. The van der Waals surface area contributed by atoms with Crippen molar-refractivity contribution in [2.24, 2.45) is 0 Å². The predicted octanol–water partition coefficient (Wildman–Crippen LogP) is 3.66. The monoisotopic (exact) mass is 412 g/mol. The van der Waals surface area contributed by atoms with Crippen LogP contribution in [0.3, 0.4) is 0 Å². The summed E-state index contributed by atoms with van der Waals surface area (Å²) in [5, 5.41) is 2.64. The summed E-state index contributed by atoms with van der Waals surface area (Å²) in [6.45, 7) is 1.73. The van der Waals surface area contributed by atoms with Crippen molar-refractivity contribution < 1.29 is 17.6 Å². The number of amides is 1. The van der Waals surface area contributed by atoms with Gasteiger partial charge in [0, 0.05) is 5.69 Å². The number of rotatable bonds is 7. The average Bonchev–Trinajstić information content (AvgIpc) is 2.71. The van der Waals surface area contributed by atoms with Gasteiger partial charge in [0.1, 0.15) is 11.9 Å². The van der Waals surface area contributed by atoms with Gasteiger partial charge in [0.15, 0.2) is 0 Å². The van der Waals surface area contributed by atoms with Crippen molar-refractivity contribution >= 4 is 21.6 Å². The highest BCUT2D eigenvalue weighted by Crippen LogP contribution is 2.18. The van der Waals surface area contributed by atoms with E-state index in [4.69, 9.17) is 0 Å². The Hall–Kier alpha value is -3.03. The summed E-state index contributed by atoms with van der Waals surface area (Å²) in [4.78, 5) is 13.0. The molecule has 3 rings (SSSR count). The predicted molar refractivity (Wildman–Crippen MR) is 110 cm³/mol. The molecule has 0 radical (unpaired) electrons. The quantitative estimate of drug-likeness (QED) is 0.622. The van der Waals surface area contributed by atoms with E-state index in [1.807, 2.05) is 30.3 Å². The normalized spacial score (nSPS) is 12.3. The maximum Gasteiger partial charge on any atom is 0.242 e. The van der Waals surface area contributed by atoms with Crippen LogP contribution in [-0.4, -0.2) is 20.4 Å². The van der Waals surface area contributed by atoms with Crippen molar-refractivity contribution in [1.82, 2.24) is 4.72 Å². The van der Waals surface area contributed by atoms with Crippen LogP contribution in [0.4, 0.5) is 10.1 Å². The topological polar surface area (TPSA) is 75.3 Å². The minimum absolute atomic E-state index is 0.0628. The summed E-state index contributed by atoms with van der Waals surface area (Å²) in [5.74, 6) is -1.06. The molecule has 0 heterocycles. The number of halogens is 1. The highest BCUT2D eigenvalue weighted by Gasteiger charge is 2.26. The lowest BCUT2D eigenvalue weighted by atomic mass is 10.1. The van der Waals surface area contributed by atoms with Gasteiger partial charge in [-0.3, -0.25) is 4.79 Å². The number of carbonyl (C=O) groups is 1. The standard InChI is InChI=1S/C22H21FN2O3S/c1-16-12-13-18(23)15-20(16)24-22(26)21(14-17-8-4-2-5-9-17)25-29(27,28)19-10-6-3-7-11-19/h2-13,15,21,25H,14H2,1H3,(H,24,26)/t21-/m0/s1. The van der Waals surface area contributed by atoms with Gasteiger partial charge in [-0.05, 0) is 48.7 Å². The van der Waals surface area contributed by atoms with Crippen LogP contribution in [0.25, 0.3) is 0 Å². The first kappa shape index (κ1) is 20.7. The summed E-state index contributed by atoms with van der Waals surface area (Å²) in [6.07, 6.45) is 0.146. The number of anilines is 1. The van der Waals surface area contributed by atoms with E-state index in [0.717, 1.165) is 5.56 Å². The summed E-state index contributed by atoms with van der Waals surface area (Å²) < 4.78 is 41.6. The van der Waals surface area contributed by atoms with Crippen molar-refractivity contribution in [3.8, 4) is 0 Å². The first-order valence-electron chi connectivity index (χ1n) is 9.03. The van der Waals surface area contributed by atoms with Crippen LogP contribution in [0.5, 0.6) is 0 Å². The lowest BCUT2D eigenvalue weighted by molar-refractivity contribution is -0.117. The summed E-state index contributed by atoms with van der Waals surface area (Å²) >= 11 is 0. The second kappa shape index (κ2) is 8.98. The molecule has 150 valence electrons. The van der Waals surface area contributed by atoms with Crippen LogP contribution >= 0.6 is 0 Å². The summed E-state index contributed by atoms with van der Waals surface area (Å²) in [6, 6.07) is 19.9. The fourth-order valence-electron chi connectivity index (χ4n) is 2.84. The Morgan fingerprint density at radius 3 is 2.24 bits per heavy atom. The van der Waals surface area contributed by atoms with Crippen molar-refractivity contribution in [3.05, 3.63) is 95.8 Å². The van der Waals surface area contributed by atoms with E-state index in [-0.39, 0.29) is 11.3 Å². The third-order valence-corrected chi connectivity index (χ3v) is 5.90. The van der Waals surface area contributed by atoms with Gasteiger partial charge in [-0.2, -0.15) is 4.72 Å². The molecule has 0 bridgehead atoms. The van der Waals surface area contributed by atoms with Gasteiger partial charge in [-0.1, -0.05) is 54.6 Å². The van der Waals surface area contributed by atoms with E-state index in [0.29, 0.717) is 11.3 Å². The Balaban J connectivity index is 1.88. The molecule has 7 heteroatoms. The third-order valence-electron chi connectivity index (χ3n) is 4.41. The van der Waals surface area contributed by atoms with E-state index in [2.05, 4.69) is 10.0 Å². The number of aryl methyl sites for hydroxylation is 1. The minimum atomic E-state index is -3.92. The maximum absolute atomic E-state index is 13.6. The van der Waals surface area contributed by atoms with Gasteiger partial charge in [-0.15, -0.1) is 0 Å². The van der Waals surface area contributed by atoms with Crippen LogP contribution in [0.15, 0.2) is 83.8 Å². The average molecular weight is 412 g/mol. The number of benzene rings is 3. The zero-order valence-electron chi connectivity index (χ0n) is 15.8. The molecular formula is C22H21FN2O3S. The van der Waals surface area contributed by atoms with Crippen molar-refractivity contribution in [2.75, 3.05) is 5.32 Å². The van der Waals surface area contributed by atoms with Crippen molar-refractivity contribution in [2.45, 2.75) is 24.3 Å². The molecular weight excluding hydrogens is 391 g/mol. The number of hydrogen-bond donors (Lipinski definition) is 2. The summed E-state index contributed by atoms with van der Waals surface area (Å²) in [5.41, 5.74) is 1.76. The fraction of sp³-hybridized carbons (Fsp3) is 0.136. The van der Waals surface area contributed by atoms with Crippen molar-refractivity contribution in [1.29, 1.82) is 0 Å². The van der Waals surface area contributed by atoms with Crippen LogP contribution in [-0.2, 0) is 21.2 Å². The van der Waals surface area contributed by atoms with E-state index in [1.165, 1.54) is 24.3 Å². The van der Waals surface area contributed by atoms with Crippen LogP contribution < -0.4 is 10.0 Å². The molecule has 0 fully saturated rings. The van der Waals surface area contributed by atoms with Crippen LogP contribution in [0.1, 0.15) is 11.1 Å². The van der Waals surface area contributed by atoms with Crippen molar-refractivity contribution in [3.63, 3.8) is 0 Å². The molecule has 0 saturated heterocycles. The minimum Gasteiger partial charge on any atom is -0.324 e. The van der Waals surface area contributed by atoms with Gasteiger partial charge >= 0.3 is 0 Å². The molecule has 0 aliphatic carbocycles. The molecule has 29 heavy (non-hydrogen) atoms. The molecule has 0 aliphatic rings. The second-order valence-corrected chi connectivity index (χ2v) is 8.34. The number of nitrogens with one attached hydrogen (secondary N) is 2. The Morgan fingerprint density at radius 2 is 1.59 bits per heavy atom. The molecule has 0 spiro atoms. The first-order chi connectivity index (χ1) is 13.8. The van der Waals surface area contributed by atoms with Gasteiger partial charge in [0.05, 0.1) is 4.90 Å². The lowest BCUT2D eigenvalue weighted by Crippen LogP contribution is -2.45. The van der Waals surface area contributed by atoms with E-state index < -0.39 is 27.8 Å². The highest BCUT2D eigenvalue weighted by molar-refractivity contribution is 7.89. The zero-order valence-corrected chi connectivity index (χ0v) is 16.6. The number of sulfonamides is 1. The molecule has 0 aromatic heterocycles. The molecule has 3 aromatic carbocycles. The van der Waals surface area contributed by atoms with Crippen LogP contribution in [0, 0.1) is 12.7 Å². The zero-order chi connectivity index (χ0) is 20.9. The van der Waals surface area contributed by atoms with Gasteiger partial charge < -0.3 is 5.32 Å². The molecule has 1 atom stereocenters. The maximum atomic E-state index is 13.6. The Labute approximate surface area is 169 Å². The summed E-state index contributed by atoms with van der Waals surface area (Å²) in [7, 11) is -3.92. The second-order valence-electron chi connectivity index (χ2n) is 6.63. The fourth-order valence-corrected chi connectivity index (χ4v) is 4.06. The molecule has 5 nitrogen and oxygen atoms in total. The van der Waals surface area contributed by atoms with Gasteiger partial charge in [-0.25, -0.2) is 12.8 Å². The molecule has 0 aliphatic heterocycles. The van der Waals surface area contributed by atoms with E-state index >= 15 is 0 Å². The smallest absolute Gasteiger partial charge is 0.242 e. The number of carbonyl (C=O) groups excluding carboxylic acids is 1. The van der Waals surface area contributed by atoms with Gasteiger partial charge in [0.2, 0.25) is 15.9 Å². The molecule has 0 saturated carbocycles. The molecule has 1 amide bonds. The Bertz CT molecular complexity index is 1090. The molecule has 2 N–H and O–H groups in total. The lowest BCUT2D eigenvalue weighted by Gasteiger charge is -2.19. The number of hydrogen-bond acceptors (Lipinski definition) is 3. The van der Waals surface area contributed by atoms with Crippen LogP contribution in [0.2, 0.25) is 0 Å².